The number of benzene rings is 1. The summed E-state index contributed by atoms with van der Waals surface area (Å²) in [7, 11) is 0. The molecule has 2 aromatic heterocycles. The van der Waals surface area contributed by atoms with E-state index < -0.39 is 0 Å². The summed E-state index contributed by atoms with van der Waals surface area (Å²) in [4.78, 5) is 31.9. The van der Waals surface area contributed by atoms with Crippen LogP contribution in [0, 0.1) is 0 Å². The van der Waals surface area contributed by atoms with Crippen molar-refractivity contribution in [2.45, 2.75) is 19.9 Å². The third-order valence-corrected chi connectivity index (χ3v) is 3.77. The van der Waals surface area contributed by atoms with Gasteiger partial charge in [-0.05, 0) is 36.8 Å². The zero-order valence-electron chi connectivity index (χ0n) is 13.3. The van der Waals surface area contributed by atoms with Crippen LogP contribution < -0.4 is 16.5 Å². The summed E-state index contributed by atoms with van der Waals surface area (Å²) < 4.78 is 0. The van der Waals surface area contributed by atoms with Gasteiger partial charge in [-0.1, -0.05) is 13.0 Å². The summed E-state index contributed by atoms with van der Waals surface area (Å²) in [6, 6.07) is 11.9. The number of rotatable bonds is 4. The van der Waals surface area contributed by atoms with Crippen LogP contribution in [0.5, 0.6) is 0 Å². The van der Waals surface area contributed by atoms with Crippen LogP contribution in [0.3, 0.4) is 0 Å². The van der Waals surface area contributed by atoms with Crippen molar-refractivity contribution in [3.05, 3.63) is 69.8 Å². The van der Waals surface area contributed by atoms with E-state index in [4.69, 9.17) is 5.73 Å². The molecule has 0 aliphatic carbocycles. The van der Waals surface area contributed by atoms with Gasteiger partial charge in [0.2, 0.25) is 0 Å². The van der Waals surface area contributed by atoms with Crippen LogP contribution in [0.25, 0.3) is 10.9 Å². The lowest BCUT2D eigenvalue weighted by atomic mass is 10.1. The quantitative estimate of drug-likeness (QED) is 0.685. The number of carbonyl (C=O) groups is 1. The molecule has 0 aliphatic heterocycles. The topological polar surface area (TPSA) is 101 Å². The van der Waals surface area contributed by atoms with E-state index in [9.17, 15) is 9.59 Å². The molecule has 122 valence electrons. The van der Waals surface area contributed by atoms with Crippen molar-refractivity contribution in [2.24, 2.45) is 5.73 Å². The van der Waals surface area contributed by atoms with E-state index in [0.717, 1.165) is 17.6 Å². The minimum Gasteiger partial charge on any atom is -0.358 e. The number of nitrogens with two attached hydrogens (primary N) is 1. The molecule has 6 nitrogen and oxygen atoms in total. The van der Waals surface area contributed by atoms with Crippen LogP contribution in [0.1, 0.15) is 28.8 Å². The van der Waals surface area contributed by atoms with Crippen molar-refractivity contribution in [3.63, 3.8) is 0 Å². The molecule has 24 heavy (non-hydrogen) atoms. The number of aromatic nitrogens is 2. The second kappa shape index (κ2) is 6.64. The third kappa shape index (κ3) is 3.18. The van der Waals surface area contributed by atoms with Gasteiger partial charge in [0.1, 0.15) is 5.69 Å². The second-order valence-electron chi connectivity index (χ2n) is 5.45. The van der Waals surface area contributed by atoms with Gasteiger partial charge in [-0.15, -0.1) is 0 Å². The Hall–Kier alpha value is -2.99. The van der Waals surface area contributed by atoms with Gasteiger partial charge in [-0.25, -0.2) is 4.98 Å². The summed E-state index contributed by atoms with van der Waals surface area (Å²) >= 11 is 0. The van der Waals surface area contributed by atoms with Crippen LogP contribution >= 0.6 is 0 Å². The molecule has 3 aromatic rings. The van der Waals surface area contributed by atoms with E-state index in [2.05, 4.69) is 15.3 Å². The molecule has 4 N–H and O–H groups in total. The number of H-pyrrole nitrogens is 1. The van der Waals surface area contributed by atoms with Gasteiger partial charge in [0.05, 0.1) is 5.69 Å². The molecule has 0 saturated heterocycles. The highest BCUT2D eigenvalue weighted by molar-refractivity contribution is 6.03. The maximum Gasteiger partial charge on any atom is 0.274 e. The first-order chi connectivity index (χ1) is 11.6. The largest absolute Gasteiger partial charge is 0.358 e. The molecular weight excluding hydrogens is 304 g/mol. The number of amides is 1. The summed E-state index contributed by atoms with van der Waals surface area (Å²) in [5.74, 6) is -0.341. The Kier molecular flexibility index (Phi) is 4.39. The van der Waals surface area contributed by atoms with E-state index in [1.54, 1.807) is 42.5 Å². The highest BCUT2D eigenvalue weighted by atomic mass is 16.1. The van der Waals surface area contributed by atoms with Crippen LogP contribution in [0.2, 0.25) is 0 Å². The zero-order chi connectivity index (χ0) is 17.1. The normalized spacial score (nSPS) is 10.8. The molecule has 2 heterocycles. The minimum atomic E-state index is -0.341. The molecular formula is C18H18N4O2. The number of carbonyl (C=O) groups excluding carboxylic acids is 1. The van der Waals surface area contributed by atoms with Crippen molar-refractivity contribution in [1.82, 2.24) is 9.97 Å². The van der Waals surface area contributed by atoms with Gasteiger partial charge in [0, 0.05) is 34.9 Å². The van der Waals surface area contributed by atoms with Crippen molar-refractivity contribution < 1.29 is 4.79 Å². The number of hydrogen-bond donors (Lipinski definition) is 3. The molecule has 0 fully saturated rings. The zero-order valence-corrected chi connectivity index (χ0v) is 13.3. The van der Waals surface area contributed by atoms with Gasteiger partial charge < -0.3 is 16.0 Å². The first kappa shape index (κ1) is 15.9. The van der Waals surface area contributed by atoms with Gasteiger partial charge in [-0.3, -0.25) is 9.59 Å². The molecule has 0 unspecified atom stereocenters. The van der Waals surface area contributed by atoms with Crippen LogP contribution in [0.4, 0.5) is 5.69 Å². The van der Waals surface area contributed by atoms with Crippen molar-refractivity contribution in [2.75, 3.05) is 5.32 Å². The lowest BCUT2D eigenvalue weighted by Gasteiger charge is -2.08. The Bertz CT molecular complexity index is 963. The van der Waals surface area contributed by atoms with Crippen LogP contribution in [-0.2, 0) is 13.0 Å². The van der Waals surface area contributed by atoms with Gasteiger partial charge in [-0.2, -0.15) is 0 Å². The molecule has 1 amide bonds. The summed E-state index contributed by atoms with van der Waals surface area (Å²) in [6.45, 7) is 2.25. The third-order valence-electron chi connectivity index (χ3n) is 3.77. The average Bonchev–Trinajstić information content (AvgIpc) is 2.62. The Labute approximate surface area is 138 Å². The minimum absolute atomic E-state index is 0.0695. The standard InChI is InChI=1S/C18H18N4O2/c1-2-11-9-17(23)14-8-12(6-7-15(14)20-11)22-18(24)16-5-3-4-13(10-19)21-16/h3-9H,2,10,19H2,1H3,(H,20,23)(H,22,24). The Morgan fingerprint density at radius 3 is 2.83 bits per heavy atom. The molecule has 3 rings (SSSR count). The Morgan fingerprint density at radius 1 is 1.25 bits per heavy atom. The van der Waals surface area contributed by atoms with E-state index in [1.165, 1.54) is 0 Å². The maximum absolute atomic E-state index is 12.3. The molecule has 6 heteroatoms. The maximum atomic E-state index is 12.3. The summed E-state index contributed by atoms with van der Waals surface area (Å²) in [6.07, 6.45) is 0.757. The number of fused-ring (bicyclic) bond motifs is 1. The Morgan fingerprint density at radius 2 is 2.08 bits per heavy atom. The smallest absolute Gasteiger partial charge is 0.274 e. The molecule has 0 aliphatic rings. The van der Waals surface area contributed by atoms with Gasteiger partial charge >= 0.3 is 0 Å². The molecule has 0 atom stereocenters. The predicted molar refractivity (Wildman–Crippen MR) is 94.0 cm³/mol. The predicted octanol–water partition coefficient (Wildman–Crippen LogP) is 2.20. The first-order valence-electron chi connectivity index (χ1n) is 7.74. The average molecular weight is 322 g/mol. The molecule has 0 radical (unpaired) electrons. The number of nitrogens with zero attached hydrogens (tertiary/aromatic N) is 1. The number of nitrogens with one attached hydrogen (secondary N) is 2. The van der Waals surface area contributed by atoms with E-state index in [0.29, 0.717) is 16.8 Å². The fourth-order valence-electron chi connectivity index (χ4n) is 2.49. The van der Waals surface area contributed by atoms with Gasteiger partial charge in [0.15, 0.2) is 5.43 Å². The van der Waals surface area contributed by atoms with Crippen molar-refractivity contribution in [3.8, 4) is 0 Å². The van der Waals surface area contributed by atoms with Gasteiger partial charge in [0.25, 0.3) is 5.91 Å². The number of aromatic amines is 1. The highest BCUT2D eigenvalue weighted by Crippen LogP contribution is 2.16. The molecule has 0 bridgehead atoms. The fourth-order valence-corrected chi connectivity index (χ4v) is 2.49. The lowest BCUT2D eigenvalue weighted by molar-refractivity contribution is 0.102. The van der Waals surface area contributed by atoms with E-state index >= 15 is 0 Å². The first-order valence-corrected chi connectivity index (χ1v) is 7.74. The highest BCUT2D eigenvalue weighted by Gasteiger charge is 2.09. The Balaban J connectivity index is 1.91. The fraction of sp³-hybridized carbons (Fsp3) is 0.167. The second-order valence-corrected chi connectivity index (χ2v) is 5.45. The lowest BCUT2D eigenvalue weighted by Crippen LogP contribution is -2.15. The number of pyridine rings is 2. The number of hydrogen-bond acceptors (Lipinski definition) is 4. The summed E-state index contributed by atoms with van der Waals surface area (Å²) in [5.41, 5.74) is 8.58. The number of aryl methyl sites for hydroxylation is 1. The number of anilines is 1. The van der Waals surface area contributed by atoms with Crippen LogP contribution in [0.15, 0.2) is 47.3 Å². The monoisotopic (exact) mass is 322 g/mol. The van der Waals surface area contributed by atoms with E-state index in [1.807, 2.05) is 6.92 Å². The van der Waals surface area contributed by atoms with Crippen molar-refractivity contribution >= 4 is 22.5 Å². The van der Waals surface area contributed by atoms with Crippen LogP contribution in [-0.4, -0.2) is 15.9 Å². The van der Waals surface area contributed by atoms with Crippen molar-refractivity contribution in [1.29, 1.82) is 0 Å². The molecule has 0 saturated carbocycles. The SMILES string of the molecule is CCc1cc(=O)c2cc(NC(=O)c3cccc(CN)n3)ccc2[nH]1. The summed E-state index contributed by atoms with van der Waals surface area (Å²) in [5, 5.41) is 3.30. The molecule has 0 spiro atoms. The molecule has 1 aromatic carbocycles. The van der Waals surface area contributed by atoms with E-state index in [-0.39, 0.29) is 23.6 Å².